The highest BCUT2D eigenvalue weighted by atomic mass is 32.2. The number of hydrogen-bond donors (Lipinski definition) is 1. The molecule has 0 saturated carbocycles. The minimum absolute atomic E-state index is 0.0678. The van der Waals surface area contributed by atoms with E-state index in [9.17, 15) is 27.2 Å². The summed E-state index contributed by atoms with van der Waals surface area (Å²) < 4.78 is 46.2. The Bertz CT molecular complexity index is 1210. The fraction of sp³-hybridized carbons (Fsp3) is 0.250. The number of morpholine rings is 1. The molecule has 0 unspecified atom stereocenters. The molecule has 1 N–H and O–H groups in total. The normalized spacial score (nSPS) is 17.0. The number of carbonyl (C=O) groups excluding carboxylic acids is 3. The standard InChI is InChI=1S/C20H18FN3O6S/c1-23-19(26)14-4-2-12(10-15(14)20(23)27)18(25)22-13-3-5-16(21)17(11-13)31(28,29)24-6-8-30-9-7-24/h2-5,10-11H,6-9H2,1H3,(H,22,25). The van der Waals surface area contributed by atoms with Gasteiger partial charge in [-0.1, -0.05) is 0 Å². The number of ether oxygens (including phenoxy) is 1. The van der Waals surface area contributed by atoms with Gasteiger partial charge in [0.05, 0.1) is 24.3 Å². The Balaban J connectivity index is 1.60. The Kier molecular flexibility index (Phi) is 5.33. The minimum Gasteiger partial charge on any atom is -0.379 e. The molecule has 0 atom stereocenters. The molecule has 0 aromatic heterocycles. The molecule has 2 aromatic carbocycles. The van der Waals surface area contributed by atoms with Crippen molar-refractivity contribution in [1.29, 1.82) is 0 Å². The summed E-state index contributed by atoms with van der Waals surface area (Å²) in [5, 5.41) is 2.51. The highest BCUT2D eigenvalue weighted by Gasteiger charge is 2.33. The number of fused-ring (bicyclic) bond motifs is 1. The second kappa shape index (κ2) is 7.84. The van der Waals surface area contributed by atoms with E-state index in [2.05, 4.69) is 5.32 Å². The number of nitrogens with zero attached hydrogens (tertiary/aromatic N) is 2. The number of sulfonamides is 1. The Morgan fingerprint density at radius 2 is 1.71 bits per heavy atom. The number of carbonyl (C=O) groups is 3. The van der Waals surface area contributed by atoms with Crippen molar-refractivity contribution in [3.8, 4) is 0 Å². The second-order valence-electron chi connectivity index (χ2n) is 7.05. The van der Waals surface area contributed by atoms with Gasteiger partial charge in [-0.15, -0.1) is 0 Å². The van der Waals surface area contributed by atoms with Gasteiger partial charge in [0.2, 0.25) is 10.0 Å². The van der Waals surface area contributed by atoms with Crippen molar-refractivity contribution in [1.82, 2.24) is 9.21 Å². The molecule has 9 nitrogen and oxygen atoms in total. The first kappa shape index (κ1) is 21.1. The summed E-state index contributed by atoms with van der Waals surface area (Å²) in [6, 6.07) is 7.31. The monoisotopic (exact) mass is 447 g/mol. The van der Waals surface area contributed by atoms with Gasteiger partial charge in [0, 0.05) is 31.4 Å². The van der Waals surface area contributed by atoms with E-state index in [0.29, 0.717) is 0 Å². The Morgan fingerprint density at radius 3 is 2.42 bits per heavy atom. The van der Waals surface area contributed by atoms with E-state index in [1.165, 1.54) is 31.3 Å². The molecule has 1 saturated heterocycles. The Morgan fingerprint density at radius 1 is 1.03 bits per heavy atom. The average Bonchev–Trinajstić information content (AvgIpc) is 2.99. The predicted octanol–water partition coefficient (Wildman–Crippen LogP) is 1.32. The Labute approximate surface area is 177 Å². The molecule has 0 radical (unpaired) electrons. The van der Waals surface area contributed by atoms with E-state index in [1.807, 2.05) is 0 Å². The van der Waals surface area contributed by atoms with Crippen LogP contribution >= 0.6 is 0 Å². The first-order valence-electron chi connectivity index (χ1n) is 9.35. The number of rotatable bonds is 4. The third-order valence-electron chi connectivity index (χ3n) is 5.13. The fourth-order valence-corrected chi connectivity index (χ4v) is 4.91. The molecule has 2 aliphatic heterocycles. The molecule has 0 bridgehead atoms. The SMILES string of the molecule is CN1C(=O)c2ccc(C(=O)Nc3ccc(F)c(S(=O)(=O)N4CCOCC4)c3)cc2C1=O. The van der Waals surface area contributed by atoms with E-state index < -0.39 is 38.5 Å². The smallest absolute Gasteiger partial charge is 0.261 e. The van der Waals surface area contributed by atoms with Crippen LogP contribution < -0.4 is 5.32 Å². The van der Waals surface area contributed by atoms with E-state index in [1.54, 1.807) is 0 Å². The molecule has 2 aliphatic rings. The summed E-state index contributed by atoms with van der Waals surface area (Å²) in [5.41, 5.74) is 0.468. The van der Waals surface area contributed by atoms with Crippen molar-refractivity contribution in [2.75, 3.05) is 38.7 Å². The summed E-state index contributed by atoms with van der Waals surface area (Å²) in [7, 11) is -2.76. The molecular weight excluding hydrogens is 429 g/mol. The lowest BCUT2D eigenvalue weighted by Crippen LogP contribution is -2.40. The van der Waals surface area contributed by atoms with Crippen molar-refractivity contribution >= 4 is 33.4 Å². The summed E-state index contributed by atoms with van der Waals surface area (Å²) in [6.45, 7) is 0.640. The maximum Gasteiger partial charge on any atom is 0.261 e. The number of anilines is 1. The van der Waals surface area contributed by atoms with Crippen LogP contribution in [0.5, 0.6) is 0 Å². The number of nitrogens with one attached hydrogen (secondary N) is 1. The maximum absolute atomic E-state index is 14.3. The molecule has 3 amide bonds. The molecule has 4 rings (SSSR count). The third kappa shape index (κ3) is 3.71. The zero-order valence-electron chi connectivity index (χ0n) is 16.4. The van der Waals surface area contributed by atoms with Crippen LogP contribution in [-0.2, 0) is 14.8 Å². The van der Waals surface area contributed by atoms with Crippen LogP contribution in [0.4, 0.5) is 10.1 Å². The van der Waals surface area contributed by atoms with Gasteiger partial charge in [-0.3, -0.25) is 19.3 Å². The summed E-state index contributed by atoms with van der Waals surface area (Å²) >= 11 is 0. The third-order valence-corrected chi connectivity index (χ3v) is 7.04. The summed E-state index contributed by atoms with van der Waals surface area (Å²) in [4.78, 5) is 37.1. The maximum atomic E-state index is 14.3. The van der Waals surface area contributed by atoms with Gasteiger partial charge in [-0.2, -0.15) is 4.31 Å². The molecule has 0 aliphatic carbocycles. The van der Waals surface area contributed by atoms with Crippen molar-refractivity contribution in [2.45, 2.75) is 4.90 Å². The van der Waals surface area contributed by atoms with Gasteiger partial charge < -0.3 is 10.1 Å². The number of hydrogen-bond acceptors (Lipinski definition) is 6. The molecule has 1 fully saturated rings. The van der Waals surface area contributed by atoms with Gasteiger partial charge in [0.25, 0.3) is 17.7 Å². The highest BCUT2D eigenvalue weighted by Crippen LogP contribution is 2.26. The number of imide groups is 1. The molecular formula is C20H18FN3O6S. The average molecular weight is 447 g/mol. The van der Waals surface area contributed by atoms with E-state index in [-0.39, 0.29) is 48.7 Å². The lowest BCUT2D eigenvalue weighted by atomic mass is 10.1. The van der Waals surface area contributed by atoms with Crippen LogP contribution in [0.1, 0.15) is 31.1 Å². The highest BCUT2D eigenvalue weighted by molar-refractivity contribution is 7.89. The summed E-state index contributed by atoms with van der Waals surface area (Å²) in [5.74, 6) is -2.55. The first-order valence-corrected chi connectivity index (χ1v) is 10.8. The van der Waals surface area contributed by atoms with Crippen molar-refractivity contribution < 1.29 is 31.9 Å². The number of amides is 3. The van der Waals surface area contributed by atoms with E-state index >= 15 is 0 Å². The molecule has 11 heteroatoms. The molecule has 2 aromatic rings. The lowest BCUT2D eigenvalue weighted by molar-refractivity contribution is 0.0693. The van der Waals surface area contributed by atoms with Gasteiger partial charge in [-0.25, -0.2) is 12.8 Å². The van der Waals surface area contributed by atoms with Crippen molar-refractivity contribution in [3.05, 3.63) is 58.9 Å². The minimum atomic E-state index is -4.10. The molecule has 0 spiro atoms. The largest absolute Gasteiger partial charge is 0.379 e. The molecule has 31 heavy (non-hydrogen) atoms. The van der Waals surface area contributed by atoms with E-state index in [4.69, 9.17) is 4.74 Å². The van der Waals surface area contributed by atoms with Crippen molar-refractivity contribution in [3.63, 3.8) is 0 Å². The zero-order chi connectivity index (χ0) is 22.3. The topological polar surface area (TPSA) is 113 Å². The predicted molar refractivity (Wildman–Crippen MR) is 107 cm³/mol. The lowest BCUT2D eigenvalue weighted by Gasteiger charge is -2.26. The first-order chi connectivity index (χ1) is 14.7. The summed E-state index contributed by atoms with van der Waals surface area (Å²) in [6.07, 6.45) is 0. The van der Waals surface area contributed by atoms with Crippen LogP contribution in [0.15, 0.2) is 41.3 Å². The van der Waals surface area contributed by atoms with Crippen LogP contribution in [-0.4, -0.2) is 68.7 Å². The fourth-order valence-electron chi connectivity index (χ4n) is 3.41. The molecule has 162 valence electrons. The quantitative estimate of drug-likeness (QED) is 0.708. The van der Waals surface area contributed by atoms with Gasteiger partial charge in [-0.05, 0) is 36.4 Å². The molecule has 2 heterocycles. The Hall–Kier alpha value is -3.15. The van der Waals surface area contributed by atoms with Crippen LogP contribution in [0, 0.1) is 5.82 Å². The number of halogens is 1. The van der Waals surface area contributed by atoms with Gasteiger partial charge in [0.1, 0.15) is 10.7 Å². The van der Waals surface area contributed by atoms with Crippen LogP contribution in [0.3, 0.4) is 0 Å². The van der Waals surface area contributed by atoms with Crippen LogP contribution in [0.25, 0.3) is 0 Å². The van der Waals surface area contributed by atoms with Crippen LogP contribution in [0.2, 0.25) is 0 Å². The zero-order valence-corrected chi connectivity index (χ0v) is 17.2. The van der Waals surface area contributed by atoms with E-state index in [0.717, 1.165) is 21.3 Å². The second-order valence-corrected chi connectivity index (χ2v) is 8.95. The van der Waals surface area contributed by atoms with Gasteiger partial charge >= 0.3 is 0 Å². The van der Waals surface area contributed by atoms with Gasteiger partial charge in [0.15, 0.2) is 0 Å². The number of benzene rings is 2. The van der Waals surface area contributed by atoms with Crippen molar-refractivity contribution in [2.24, 2.45) is 0 Å².